The molecule has 0 bridgehead atoms. The molecule has 6 nitrogen and oxygen atoms in total. The standard InChI is InChI=1S/C9H10BrClN2O4S2/c10-6-1-7(3-12-2-6)19(16,17)13-9-5-18(14,15)4-8(9)11/h1-3,8-9,13H,4-5H2. The summed E-state index contributed by atoms with van der Waals surface area (Å²) in [6.07, 6.45) is 2.63. The van der Waals surface area contributed by atoms with Crippen molar-refractivity contribution in [3.63, 3.8) is 0 Å². The number of rotatable bonds is 3. The van der Waals surface area contributed by atoms with Gasteiger partial charge in [-0.05, 0) is 22.0 Å². The van der Waals surface area contributed by atoms with Crippen LogP contribution in [0, 0.1) is 0 Å². The second kappa shape index (κ2) is 5.28. The van der Waals surface area contributed by atoms with Crippen molar-refractivity contribution in [3.8, 4) is 0 Å². The normalized spacial score (nSPS) is 26.4. The molecule has 10 heteroatoms. The summed E-state index contributed by atoms with van der Waals surface area (Å²) in [5.74, 6) is -0.514. The molecule has 1 N–H and O–H groups in total. The molecule has 1 aliphatic heterocycles. The van der Waals surface area contributed by atoms with Gasteiger partial charge in [0.2, 0.25) is 10.0 Å². The molecule has 0 aliphatic carbocycles. The molecule has 2 unspecified atom stereocenters. The van der Waals surface area contributed by atoms with E-state index in [0.29, 0.717) is 4.47 Å². The smallest absolute Gasteiger partial charge is 0.242 e. The molecule has 19 heavy (non-hydrogen) atoms. The zero-order valence-corrected chi connectivity index (χ0v) is 13.4. The van der Waals surface area contributed by atoms with Crippen molar-refractivity contribution in [3.05, 3.63) is 22.9 Å². The number of nitrogens with zero attached hydrogens (tertiary/aromatic N) is 1. The Bertz CT molecular complexity index is 692. The van der Waals surface area contributed by atoms with Gasteiger partial charge in [-0.1, -0.05) is 0 Å². The molecule has 0 aromatic carbocycles. The highest BCUT2D eigenvalue weighted by Crippen LogP contribution is 2.21. The summed E-state index contributed by atoms with van der Waals surface area (Å²) in [5.41, 5.74) is 0. The highest BCUT2D eigenvalue weighted by atomic mass is 79.9. The van der Waals surface area contributed by atoms with E-state index in [1.54, 1.807) is 0 Å². The number of hydrogen-bond donors (Lipinski definition) is 1. The molecule has 2 atom stereocenters. The second-order valence-electron chi connectivity index (χ2n) is 4.16. The van der Waals surface area contributed by atoms with Gasteiger partial charge >= 0.3 is 0 Å². The molecule has 0 radical (unpaired) electrons. The van der Waals surface area contributed by atoms with E-state index in [1.165, 1.54) is 18.5 Å². The SMILES string of the molecule is O=S1(=O)CC(Cl)C(NS(=O)(=O)c2cncc(Br)c2)C1. The van der Waals surface area contributed by atoms with E-state index in [1.807, 2.05) is 0 Å². The average molecular weight is 390 g/mol. The Labute approximate surface area is 124 Å². The maximum atomic E-state index is 12.1. The number of sulfonamides is 1. The highest BCUT2D eigenvalue weighted by Gasteiger charge is 2.38. The van der Waals surface area contributed by atoms with E-state index < -0.39 is 31.3 Å². The summed E-state index contributed by atoms with van der Waals surface area (Å²) in [6.45, 7) is 0. The Hall–Kier alpha value is -0.220. The molecule has 1 aromatic heterocycles. The third-order valence-electron chi connectivity index (χ3n) is 2.58. The largest absolute Gasteiger partial charge is 0.262 e. The number of pyridine rings is 1. The zero-order chi connectivity index (χ0) is 14.3. The van der Waals surface area contributed by atoms with Crippen molar-refractivity contribution >= 4 is 47.4 Å². The van der Waals surface area contributed by atoms with Gasteiger partial charge in [0.25, 0.3) is 0 Å². The van der Waals surface area contributed by atoms with Crippen LogP contribution in [0.5, 0.6) is 0 Å². The quantitative estimate of drug-likeness (QED) is 0.761. The first-order valence-electron chi connectivity index (χ1n) is 5.17. The Kier molecular flexibility index (Phi) is 4.22. The maximum Gasteiger partial charge on any atom is 0.242 e. The van der Waals surface area contributed by atoms with E-state index in [9.17, 15) is 16.8 Å². The molecule has 1 aliphatic rings. The Morgan fingerprint density at radius 3 is 2.58 bits per heavy atom. The van der Waals surface area contributed by atoms with Gasteiger partial charge in [0.1, 0.15) is 4.90 Å². The topological polar surface area (TPSA) is 93.2 Å². The van der Waals surface area contributed by atoms with E-state index in [-0.39, 0.29) is 16.4 Å². The first kappa shape index (κ1) is 15.2. The van der Waals surface area contributed by atoms with Crippen molar-refractivity contribution in [2.24, 2.45) is 0 Å². The second-order valence-corrected chi connectivity index (χ2v) is 9.50. The lowest BCUT2D eigenvalue weighted by Gasteiger charge is -2.14. The van der Waals surface area contributed by atoms with Crippen molar-refractivity contribution < 1.29 is 16.8 Å². The van der Waals surface area contributed by atoms with Crippen LogP contribution in [-0.4, -0.2) is 44.7 Å². The predicted molar refractivity (Wildman–Crippen MR) is 74.3 cm³/mol. The van der Waals surface area contributed by atoms with Crippen LogP contribution in [0.15, 0.2) is 27.8 Å². The van der Waals surface area contributed by atoms with E-state index in [2.05, 4.69) is 25.6 Å². The molecular formula is C9H10BrClN2O4S2. The summed E-state index contributed by atoms with van der Waals surface area (Å²) in [4.78, 5) is 3.71. The summed E-state index contributed by atoms with van der Waals surface area (Å²) in [6, 6.07) is 0.554. The number of aromatic nitrogens is 1. The third-order valence-corrected chi connectivity index (χ3v) is 6.85. The van der Waals surface area contributed by atoms with Crippen LogP contribution < -0.4 is 4.72 Å². The van der Waals surface area contributed by atoms with Crippen molar-refractivity contribution in [1.82, 2.24) is 9.71 Å². The average Bonchev–Trinajstić information content (AvgIpc) is 2.51. The fourth-order valence-electron chi connectivity index (χ4n) is 1.72. The summed E-state index contributed by atoms with van der Waals surface area (Å²) >= 11 is 8.98. The van der Waals surface area contributed by atoms with Crippen LogP contribution in [0.2, 0.25) is 0 Å². The lowest BCUT2D eigenvalue weighted by atomic mass is 10.3. The number of halogens is 2. The zero-order valence-electron chi connectivity index (χ0n) is 9.45. The van der Waals surface area contributed by atoms with Gasteiger partial charge in [-0.2, -0.15) is 0 Å². The van der Waals surface area contributed by atoms with Gasteiger partial charge in [0.05, 0.1) is 22.9 Å². The van der Waals surface area contributed by atoms with Crippen LogP contribution >= 0.6 is 27.5 Å². The monoisotopic (exact) mass is 388 g/mol. The molecule has 106 valence electrons. The van der Waals surface area contributed by atoms with E-state index in [0.717, 1.165) is 0 Å². The van der Waals surface area contributed by atoms with Crippen LogP contribution in [0.3, 0.4) is 0 Å². The van der Waals surface area contributed by atoms with Gasteiger partial charge in [-0.25, -0.2) is 21.6 Å². The number of sulfone groups is 1. The Morgan fingerprint density at radius 2 is 2.05 bits per heavy atom. The molecule has 2 rings (SSSR count). The molecular weight excluding hydrogens is 380 g/mol. The maximum absolute atomic E-state index is 12.1. The minimum atomic E-state index is -3.84. The van der Waals surface area contributed by atoms with E-state index in [4.69, 9.17) is 11.6 Å². The van der Waals surface area contributed by atoms with Crippen LogP contribution in [0.4, 0.5) is 0 Å². The van der Waals surface area contributed by atoms with Gasteiger partial charge in [0, 0.05) is 16.9 Å². The van der Waals surface area contributed by atoms with Crippen LogP contribution in [0.25, 0.3) is 0 Å². The molecule has 2 heterocycles. The van der Waals surface area contributed by atoms with Crippen molar-refractivity contribution in [1.29, 1.82) is 0 Å². The van der Waals surface area contributed by atoms with E-state index >= 15 is 0 Å². The number of nitrogens with one attached hydrogen (secondary N) is 1. The Balaban J connectivity index is 2.23. The van der Waals surface area contributed by atoms with Crippen LogP contribution in [0.1, 0.15) is 0 Å². The lowest BCUT2D eigenvalue weighted by molar-refractivity contribution is 0.563. The van der Waals surface area contributed by atoms with Gasteiger partial charge < -0.3 is 0 Å². The van der Waals surface area contributed by atoms with Crippen molar-refractivity contribution in [2.75, 3.05) is 11.5 Å². The fourth-order valence-corrected chi connectivity index (χ4v) is 6.23. The number of alkyl halides is 1. The summed E-state index contributed by atoms with van der Waals surface area (Å²) in [7, 11) is -7.13. The predicted octanol–water partition coefficient (Wildman–Crippen LogP) is 0.527. The van der Waals surface area contributed by atoms with Gasteiger partial charge in [-0.15, -0.1) is 11.6 Å². The fraction of sp³-hybridized carbons (Fsp3) is 0.444. The lowest BCUT2D eigenvalue weighted by Crippen LogP contribution is -2.40. The minimum absolute atomic E-state index is 0.0463. The van der Waals surface area contributed by atoms with Gasteiger partial charge in [-0.3, -0.25) is 4.98 Å². The molecule has 0 saturated carbocycles. The number of hydrogen-bond acceptors (Lipinski definition) is 5. The highest BCUT2D eigenvalue weighted by molar-refractivity contribution is 9.10. The van der Waals surface area contributed by atoms with Crippen LogP contribution in [-0.2, 0) is 19.9 Å². The molecule has 1 aromatic rings. The summed E-state index contributed by atoms with van der Waals surface area (Å²) < 4.78 is 49.7. The van der Waals surface area contributed by atoms with Gasteiger partial charge in [0.15, 0.2) is 9.84 Å². The molecule has 0 spiro atoms. The molecule has 0 amide bonds. The molecule has 1 fully saturated rings. The first-order valence-corrected chi connectivity index (χ1v) is 9.70. The van der Waals surface area contributed by atoms with Crippen molar-refractivity contribution in [2.45, 2.75) is 16.3 Å². The minimum Gasteiger partial charge on any atom is -0.262 e. The summed E-state index contributed by atoms with van der Waals surface area (Å²) in [5, 5.41) is -0.764. The molecule has 1 saturated heterocycles. The Morgan fingerprint density at radius 1 is 1.37 bits per heavy atom. The first-order chi connectivity index (χ1) is 8.70. The third kappa shape index (κ3) is 3.66.